The Morgan fingerprint density at radius 2 is 1.65 bits per heavy atom. The molecule has 206 valence electrons. The number of hydrogen-bond acceptors (Lipinski definition) is 6. The first-order chi connectivity index (χ1) is 17.8. The summed E-state index contributed by atoms with van der Waals surface area (Å²) in [4.78, 5) is 19.3. The number of anilines is 1. The molecular formula is C27H42ClFN6O2. The van der Waals surface area contributed by atoms with E-state index in [4.69, 9.17) is 32.0 Å². The Kier molecular flexibility index (Phi) is 12.0. The van der Waals surface area contributed by atoms with Gasteiger partial charge in [0.2, 0.25) is 6.41 Å². The number of primary amides is 1. The largest absolute Gasteiger partial charge is 0.383 e. The lowest BCUT2D eigenvalue weighted by Gasteiger charge is -2.35. The van der Waals surface area contributed by atoms with Gasteiger partial charge >= 0.3 is 0 Å². The predicted octanol–water partition coefficient (Wildman–Crippen LogP) is 3.96. The number of nitrogen functional groups attached to an aromatic ring is 1. The van der Waals surface area contributed by atoms with Gasteiger partial charge in [-0.3, -0.25) is 9.48 Å². The summed E-state index contributed by atoms with van der Waals surface area (Å²) in [5.74, 6) is 3.10. The summed E-state index contributed by atoms with van der Waals surface area (Å²) in [6.45, 7) is 6.94. The van der Waals surface area contributed by atoms with Crippen LogP contribution in [0.25, 0.3) is 11.1 Å². The highest BCUT2D eigenvalue weighted by Gasteiger charge is 2.45. The van der Waals surface area contributed by atoms with Gasteiger partial charge in [-0.25, -0.2) is 4.39 Å². The molecule has 3 aliphatic rings. The highest BCUT2D eigenvalue weighted by Crippen LogP contribution is 2.53. The fourth-order valence-electron chi connectivity index (χ4n) is 6.29. The van der Waals surface area contributed by atoms with Crippen LogP contribution < -0.4 is 17.2 Å². The number of likely N-dealkylation sites (tertiary alicyclic amines) is 1. The zero-order valence-corrected chi connectivity index (χ0v) is 23.0. The Bertz CT molecular complexity index is 997. The van der Waals surface area contributed by atoms with Crippen LogP contribution in [0.15, 0.2) is 18.2 Å². The molecule has 2 aliphatic carbocycles. The lowest BCUT2D eigenvalue weighted by molar-refractivity contribution is -0.107. The fourth-order valence-corrected chi connectivity index (χ4v) is 6.47. The minimum atomic E-state index is -0.405. The molecule has 5 rings (SSSR count). The zero-order valence-electron chi connectivity index (χ0n) is 22.2. The van der Waals surface area contributed by atoms with Gasteiger partial charge in [0.05, 0.1) is 10.7 Å². The van der Waals surface area contributed by atoms with Crippen molar-refractivity contribution in [1.82, 2.24) is 14.7 Å². The van der Waals surface area contributed by atoms with E-state index in [0.29, 0.717) is 11.7 Å². The van der Waals surface area contributed by atoms with Gasteiger partial charge in [0, 0.05) is 24.6 Å². The number of nitrogens with two attached hydrogens (primary N) is 3. The maximum atomic E-state index is 13.7. The molecule has 1 amide bonds. The molecule has 3 fully saturated rings. The number of rotatable bonds is 3. The van der Waals surface area contributed by atoms with Crippen LogP contribution in [0.2, 0.25) is 5.02 Å². The van der Waals surface area contributed by atoms with Crippen molar-refractivity contribution in [2.75, 3.05) is 25.9 Å². The van der Waals surface area contributed by atoms with Crippen LogP contribution in [0.5, 0.6) is 0 Å². The highest BCUT2D eigenvalue weighted by atomic mass is 35.5. The zero-order chi connectivity index (χ0) is 27.7. The molecule has 2 aromatic rings. The standard InChI is InChI=1S/C24H32ClFN4.CH3NO.CH5N.CH2O/c1-14-5-7-30(8-6-14)19-11-16-9-18(10-17(16)12-19)23-22(24(27)29(2)28-23)15-3-4-21(26)20(25)13-15;2-1-3;2*1-2/h3-4,13-14,16-19H,5-12,27H2,1-2H3;1H,(H2,2,3);2H2,1H3;1H2. The van der Waals surface area contributed by atoms with Crippen LogP contribution in [-0.2, 0) is 16.6 Å². The number of halogens is 2. The fraction of sp³-hybridized carbons (Fsp3) is 0.593. The molecule has 1 aromatic heterocycles. The van der Waals surface area contributed by atoms with Crippen molar-refractivity contribution >= 4 is 30.6 Å². The van der Waals surface area contributed by atoms with E-state index in [2.05, 4.69) is 23.3 Å². The van der Waals surface area contributed by atoms with E-state index in [1.807, 2.05) is 13.8 Å². The van der Waals surface area contributed by atoms with Gasteiger partial charge in [-0.2, -0.15) is 5.10 Å². The van der Waals surface area contributed by atoms with Crippen molar-refractivity contribution in [1.29, 1.82) is 0 Å². The summed E-state index contributed by atoms with van der Waals surface area (Å²) in [5.41, 5.74) is 17.9. The first-order valence-electron chi connectivity index (χ1n) is 12.9. The smallest absolute Gasteiger partial charge is 0.204 e. The molecule has 37 heavy (non-hydrogen) atoms. The molecule has 8 nitrogen and oxygen atoms in total. The Hall–Kier alpha value is -2.49. The summed E-state index contributed by atoms with van der Waals surface area (Å²) >= 11 is 6.06. The third-order valence-electron chi connectivity index (χ3n) is 8.04. The van der Waals surface area contributed by atoms with Crippen molar-refractivity contribution in [3.05, 3.63) is 34.7 Å². The van der Waals surface area contributed by atoms with E-state index < -0.39 is 5.82 Å². The molecule has 2 unspecified atom stereocenters. The molecule has 6 N–H and O–H groups in total. The molecule has 2 atom stereocenters. The SMILES string of the molecule is C=O.CC1CCN(C2CC3CC(c4nn(C)c(N)c4-c4ccc(F)c(Cl)c4)CC3C2)CC1.CN.NC=O. The van der Waals surface area contributed by atoms with Crippen LogP contribution in [-0.4, -0.2) is 54.1 Å². The number of carbonyl (C=O) groups excluding carboxylic acids is 2. The lowest BCUT2D eigenvalue weighted by atomic mass is 9.92. The molecule has 0 radical (unpaired) electrons. The van der Waals surface area contributed by atoms with Crippen LogP contribution in [0, 0.1) is 23.6 Å². The first kappa shape index (κ1) is 30.7. The second kappa shape index (κ2) is 14.4. The van der Waals surface area contributed by atoms with E-state index in [-0.39, 0.29) is 11.4 Å². The second-order valence-corrected chi connectivity index (χ2v) is 10.5. The number of hydrogen-bond donors (Lipinski definition) is 3. The number of carbonyl (C=O) groups is 2. The molecule has 10 heteroatoms. The number of benzene rings is 1. The Morgan fingerprint density at radius 1 is 1.11 bits per heavy atom. The predicted molar refractivity (Wildman–Crippen MR) is 147 cm³/mol. The van der Waals surface area contributed by atoms with Crippen molar-refractivity contribution < 1.29 is 14.0 Å². The number of amides is 1. The van der Waals surface area contributed by atoms with E-state index in [0.717, 1.165) is 40.6 Å². The Balaban J connectivity index is 0.000000630. The highest BCUT2D eigenvalue weighted by molar-refractivity contribution is 6.31. The number of nitrogens with zero attached hydrogens (tertiary/aromatic N) is 3. The van der Waals surface area contributed by atoms with E-state index in [1.165, 1.54) is 64.7 Å². The minimum absolute atomic E-state index is 0.128. The maximum absolute atomic E-state index is 13.7. The minimum Gasteiger partial charge on any atom is -0.383 e. The van der Waals surface area contributed by atoms with Gasteiger partial charge in [-0.1, -0.05) is 24.6 Å². The molecule has 2 heterocycles. The quantitative estimate of drug-likeness (QED) is 0.508. The van der Waals surface area contributed by atoms with Crippen LogP contribution in [0.1, 0.15) is 57.1 Å². The molecular weight excluding hydrogens is 495 g/mol. The third-order valence-corrected chi connectivity index (χ3v) is 8.33. The molecule has 1 aromatic carbocycles. The van der Waals surface area contributed by atoms with Crippen molar-refractivity contribution in [2.45, 2.75) is 57.4 Å². The maximum Gasteiger partial charge on any atom is 0.204 e. The molecule has 1 aliphatic heterocycles. The Morgan fingerprint density at radius 3 is 2.16 bits per heavy atom. The van der Waals surface area contributed by atoms with E-state index in [9.17, 15) is 4.39 Å². The Labute approximate surface area is 224 Å². The van der Waals surface area contributed by atoms with Gasteiger partial charge in [-0.05, 0) is 94.1 Å². The number of piperidine rings is 1. The summed E-state index contributed by atoms with van der Waals surface area (Å²) in [5, 5.41) is 4.94. The average molecular weight is 537 g/mol. The van der Waals surface area contributed by atoms with E-state index >= 15 is 0 Å². The van der Waals surface area contributed by atoms with Crippen molar-refractivity contribution in [2.24, 2.45) is 36.3 Å². The molecule has 2 saturated carbocycles. The van der Waals surface area contributed by atoms with Gasteiger partial charge in [0.25, 0.3) is 0 Å². The van der Waals surface area contributed by atoms with Crippen molar-refractivity contribution in [3.8, 4) is 11.1 Å². The normalized spacial score (nSPS) is 25.0. The van der Waals surface area contributed by atoms with Crippen molar-refractivity contribution in [3.63, 3.8) is 0 Å². The van der Waals surface area contributed by atoms with Crippen LogP contribution >= 0.6 is 11.6 Å². The monoisotopic (exact) mass is 536 g/mol. The van der Waals surface area contributed by atoms with E-state index in [1.54, 1.807) is 16.8 Å². The molecule has 0 spiro atoms. The molecule has 1 saturated heterocycles. The van der Waals surface area contributed by atoms with Gasteiger partial charge in [-0.15, -0.1) is 0 Å². The van der Waals surface area contributed by atoms with Gasteiger partial charge in [0.15, 0.2) is 0 Å². The lowest BCUT2D eigenvalue weighted by Crippen LogP contribution is -2.40. The first-order valence-corrected chi connectivity index (χ1v) is 13.2. The number of aryl methyl sites for hydroxylation is 1. The van der Waals surface area contributed by atoms with Crippen LogP contribution in [0.3, 0.4) is 0 Å². The topological polar surface area (TPSA) is 133 Å². The molecule has 0 bridgehead atoms. The average Bonchev–Trinajstić information content (AvgIpc) is 3.56. The van der Waals surface area contributed by atoms with Gasteiger partial charge in [0.1, 0.15) is 18.4 Å². The van der Waals surface area contributed by atoms with Crippen LogP contribution in [0.4, 0.5) is 10.2 Å². The van der Waals surface area contributed by atoms with Gasteiger partial charge < -0.3 is 26.9 Å². The third kappa shape index (κ3) is 7.09. The summed E-state index contributed by atoms with van der Waals surface area (Å²) in [7, 11) is 3.39. The number of fused-ring (bicyclic) bond motifs is 1. The summed E-state index contributed by atoms with van der Waals surface area (Å²) in [6.07, 6.45) is 7.98. The number of aromatic nitrogens is 2. The summed E-state index contributed by atoms with van der Waals surface area (Å²) < 4.78 is 15.5. The second-order valence-electron chi connectivity index (χ2n) is 10.1. The summed E-state index contributed by atoms with van der Waals surface area (Å²) in [6, 6.07) is 5.64.